The normalized spacial score (nSPS) is 17.6. The lowest BCUT2D eigenvalue weighted by molar-refractivity contribution is 0.299. The van der Waals surface area contributed by atoms with Gasteiger partial charge in [-0.15, -0.1) is 0 Å². The molecule has 0 bridgehead atoms. The average molecular weight is 335 g/mol. The van der Waals surface area contributed by atoms with E-state index >= 15 is 0 Å². The number of hydrogen-bond acceptors (Lipinski definition) is 2. The summed E-state index contributed by atoms with van der Waals surface area (Å²) in [6.07, 6.45) is 12.2. The molecule has 0 radical (unpaired) electrons. The van der Waals surface area contributed by atoms with Crippen molar-refractivity contribution in [3.05, 3.63) is 64.0 Å². The van der Waals surface area contributed by atoms with Crippen LogP contribution in [0.5, 0.6) is 0 Å². The Morgan fingerprint density at radius 1 is 0.920 bits per heavy atom. The van der Waals surface area contributed by atoms with Crippen LogP contribution in [-0.4, -0.2) is 16.7 Å². The Labute approximate surface area is 151 Å². The first-order chi connectivity index (χ1) is 12.3. The molecule has 0 saturated heterocycles. The van der Waals surface area contributed by atoms with Crippen LogP contribution in [0.15, 0.2) is 30.3 Å². The van der Waals surface area contributed by atoms with Crippen molar-refractivity contribution in [3.63, 3.8) is 0 Å². The van der Waals surface area contributed by atoms with Crippen LogP contribution in [0.1, 0.15) is 78.1 Å². The third-order valence-corrected chi connectivity index (χ3v) is 6.00. The van der Waals surface area contributed by atoms with Gasteiger partial charge in [0, 0.05) is 23.9 Å². The van der Waals surface area contributed by atoms with E-state index in [9.17, 15) is 0 Å². The van der Waals surface area contributed by atoms with Gasteiger partial charge in [-0.1, -0.05) is 43.5 Å². The highest BCUT2D eigenvalue weighted by Gasteiger charge is 2.22. The molecule has 2 nitrogen and oxygen atoms in total. The molecular weight excluding hydrogens is 306 g/mol. The van der Waals surface area contributed by atoms with Gasteiger partial charge in [0.15, 0.2) is 0 Å². The minimum atomic E-state index is 0.224. The Hall–Kier alpha value is -1.67. The molecule has 0 unspecified atom stereocenters. The number of hydrogen-bond donors (Lipinski definition) is 1. The number of nitrogens with zero attached hydrogens (tertiary/aromatic N) is 1. The van der Waals surface area contributed by atoms with Crippen LogP contribution in [-0.2, 0) is 25.7 Å². The maximum absolute atomic E-state index is 9.08. The van der Waals surface area contributed by atoms with Gasteiger partial charge in [-0.05, 0) is 73.3 Å². The molecule has 1 saturated carbocycles. The maximum atomic E-state index is 9.08. The molecule has 1 aromatic heterocycles. The van der Waals surface area contributed by atoms with Crippen LogP contribution < -0.4 is 0 Å². The molecule has 2 aliphatic rings. The minimum absolute atomic E-state index is 0.224. The van der Waals surface area contributed by atoms with Gasteiger partial charge >= 0.3 is 0 Å². The molecule has 25 heavy (non-hydrogen) atoms. The van der Waals surface area contributed by atoms with Gasteiger partial charge in [-0.25, -0.2) is 0 Å². The summed E-state index contributed by atoms with van der Waals surface area (Å²) in [6, 6.07) is 11.2. The van der Waals surface area contributed by atoms with Crippen LogP contribution in [0.25, 0.3) is 0 Å². The van der Waals surface area contributed by atoms with E-state index in [0.29, 0.717) is 5.92 Å². The molecule has 0 amide bonds. The smallest absolute Gasteiger partial charge is 0.0471 e. The van der Waals surface area contributed by atoms with Gasteiger partial charge in [-0.2, -0.15) is 0 Å². The summed E-state index contributed by atoms with van der Waals surface area (Å²) < 4.78 is 0. The molecule has 1 aromatic carbocycles. The fraction of sp³-hybridized carbons (Fsp3) is 0.522. The lowest BCUT2D eigenvalue weighted by atomic mass is 9.85. The maximum Gasteiger partial charge on any atom is 0.0471 e. The van der Waals surface area contributed by atoms with E-state index in [1.807, 2.05) is 0 Å². The average Bonchev–Trinajstić information content (AvgIpc) is 3.13. The highest BCUT2D eigenvalue weighted by Crippen LogP contribution is 2.35. The zero-order valence-electron chi connectivity index (χ0n) is 15.1. The molecule has 2 aliphatic carbocycles. The Balaban J connectivity index is 1.60. The van der Waals surface area contributed by atoms with E-state index in [0.717, 1.165) is 12.8 Å². The Bertz CT molecular complexity index is 714. The molecule has 1 N–H and O–H groups in total. The second-order valence-corrected chi connectivity index (χ2v) is 7.79. The number of pyridine rings is 1. The summed E-state index contributed by atoms with van der Waals surface area (Å²) >= 11 is 0. The third-order valence-electron chi connectivity index (χ3n) is 6.00. The topological polar surface area (TPSA) is 33.1 Å². The summed E-state index contributed by atoms with van der Waals surface area (Å²) in [5.74, 6) is 0.685. The van der Waals surface area contributed by atoms with E-state index in [-0.39, 0.29) is 6.61 Å². The number of benzene rings is 1. The van der Waals surface area contributed by atoms with Crippen molar-refractivity contribution in [2.75, 3.05) is 6.61 Å². The van der Waals surface area contributed by atoms with E-state index < -0.39 is 0 Å². The largest absolute Gasteiger partial charge is 0.396 e. The van der Waals surface area contributed by atoms with Crippen molar-refractivity contribution < 1.29 is 5.11 Å². The second-order valence-electron chi connectivity index (χ2n) is 7.79. The van der Waals surface area contributed by atoms with Crippen LogP contribution in [0.4, 0.5) is 0 Å². The van der Waals surface area contributed by atoms with Crippen LogP contribution in [0.3, 0.4) is 0 Å². The SMILES string of the molecule is OCCc1ccc(Cc2cc(C3CCCCC3)nc3c2CCC3)cc1. The standard InChI is InChI=1S/C23H29NO/c25-14-13-17-9-11-18(12-10-17)15-20-16-23(19-5-2-1-3-6-19)24-22-8-4-7-21(20)22/h9-12,16,19,25H,1-8,13-15H2. The predicted octanol–water partition coefficient (Wildman–Crippen LogP) is 4.74. The van der Waals surface area contributed by atoms with E-state index in [1.165, 1.54) is 85.0 Å². The predicted molar refractivity (Wildman–Crippen MR) is 102 cm³/mol. The highest BCUT2D eigenvalue weighted by atomic mass is 16.2. The molecule has 0 spiro atoms. The van der Waals surface area contributed by atoms with Gasteiger partial charge in [-0.3, -0.25) is 4.98 Å². The van der Waals surface area contributed by atoms with E-state index in [4.69, 9.17) is 10.1 Å². The lowest BCUT2D eigenvalue weighted by Crippen LogP contribution is -2.10. The summed E-state index contributed by atoms with van der Waals surface area (Å²) in [6.45, 7) is 0.224. The fourth-order valence-electron chi connectivity index (χ4n) is 4.59. The fourth-order valence-corrected chi connectivity index (χ4v) is 4.59. The van der Waals surface area contributed by atoms with Gasteiger partial charge in [0.2, 0.25) is 0 Å². The van der Waals surface area contributed by atoms with Crippen molar-refractivity contribution >= 4 is 0 Å². The molecule has 1 heterocycles. The van der Waals surface area contributed by atoms with Gasteiger partial charge in [0.05, 0.1) is 0 Å². The van der Waals surface area contributed by atoms with E-state index in [1.54, 1.807) is 0 Å². The van der Waals surface area contributed by atoms with Crippen molar-refractivity contribution in [1.29, 1.82) is 0 Å². The first-order valence-electron chi connectivity index (χ1n) is 10.0. The molecule has 2 heteroatoms. The minimum Gasteiger partial charge on any atom is -0.396 e. The van der Waals surface area contributed by atoms with Crippen molar-refractivity contribution in [3.8, 4) is 0 Å². The van der Waals surface area contributed by atoms with Crippen LogP contribution in [0.2, 0.25) is 0 Å². The first-order valence-corrected chi connectivity index (χ1v) is 10.0. The summed E-state index contributed by atoms with van der Waals surface area (Å²) in [4.78, 5) is 5.09. The quantitative estimate of drug-likeness (QED) is 0.856. The summed E-state index contributed by atoms with van der Waals surface area (Å²) in [7, 11) is 0. The Morgan fingerprint density at radius 3 is 2.44 bits per heavy atom. The molecule has 0 aliphatic heterocycles. The zero-order valence-corrected chi connectivity index (χ0v) is 15.1. The van der Waals surface area contributed by atoms with Gasteiger partial charge in [0.25, 0.3) is 0 Å². The molecule has 0 atom stereocenters. The molecule has 4 rings (SSSR count). The number of aliphatic hydroxyl groups excluding tert-OH is 1. The number of aromatic nitrogens is 1. The molecule has 2 aromatic rings. The van der Waals surface area contributed by atoms with Gasteiger partial charge < -0.3 is 5.11 Å². The van der Waals surface area contributed by atoms with Crippen molar-refractivity contribution in [1.82, 2.24) is 4.98 Å². The van der Waals surface area contributed by atoms with Crippen LogP contribution >= 0.6 is 0 Å². The molecular formula is C23H29NO. The number of aliphatic hydroxyl groups is 1. The van der Waals surface area contributed by atoms with Crippen molar-refractivity contribution in [2.45, 2.75) is 70.1 Å². The Kier molecular flexibility index (Phi) is 5.17. The molecule has 132 valence electrons. The summed E-state index contributed by atoms with van der Waals surface area (Å²) in [5, 5.41) is 9.08. The number of fused-ring (bicyclic) bond motifs is 1. The van der Waals surface area contributed by atoms with Crippen LogP contribution in [0, 0.1) is 0 Å². The van der Waals surface area contributed by atoms with E-state index in [2.05, 4.69) is 30.3 Å². The molecule has 1 fully saturated rings. The highest BCUT2D eigenvalue weighted by molar-refractivity contribution is 5.40. The summed E-state index contributed by atoms with van der Waals surface area (Å²) in [5.41, 5.74) is 8.38. The lowest BCUT2D eigenvalue weighted by Gasteiger charge is -2.23. The first kappa shape index (κ1) is 16.8. The van der Waals surface area contributed by atoms with Crippen molar-refractivity contribution in [2.24, 2.45) is 0 Å². The zero-order chi connectivity index (χ0) is 17.1. The van der Waals surface area contributed by atoms with Gasteiger partial charge in [0.1, 0.15) is 0 Å². The third kappa shape index (κ3) is 3.79. The number of rotatable bonds is 5. The number of aryl methyl sites for hydroxylation is 1. The second kappa shape index (κ2) is 7.70. The monoisotopic (exact) mass is 335 g/mol. The Morgan fingerprint density at radius 2 is 1.68 bits per heavy atom.